The van der Waals surface area contributed by atoms with Crippen LogP contribution in [0.25, 0.3) is 5.82 Å². The van der Waals surface area contributed by atoms with E-state index in [9.17, 15) is 9.90 Å². The first-order valence-corrected chi connectivity index (χ1v) is 6.64. The highest BCUT2D eigenvalue weighted by molar-refractivity contribution is 5.92. The third-order valence-electron chi connectivity index (χ3n) is 3.09. The average molecular weight is 274 g/mol. The van der Waals surface area contributed by atoms with Crippen molar-refractivity contribution in [3.63, 3.8) is 0 Å². The van der Waals surface area contributed by atoms with Crippen LogP contribution in [0.3, 0.4) is 0 Å². The van der Waals surface area contributed by atoms with E-state index >= 15 is 0 Å². The highest BCUT2D eigenvalue weighted by Crippen LogP contribution is 2.19. The quantitative estimate of drug-likeness (QED) is 0.923. The highest BCUT2D eigenvalue weighted by Gasteiger charge is 2.20. The summed E-state index contributed by atoms with van der Waals surface area (Å²) in [6, 6.07) is 1.76. The average Bonchev–Trinajstić information content (AvgIpc) is 2.80. The summed E-state index contributed by atoms with van der Waals surface area (Å²) in [7, 11) is 0. The number of rotatable bonds is 4. The van der Waals surface area contributed by atoms with Crippen LogP contribution in [0.5, 0.6) is 0 Å². The molecule has 0 aromatic carbocycles. The largest absolute Gasteiger partial charge is 0.478 e. The van der Waals surface area contributed by atoms with Crippen molar-refractivity contribution in [1.29, 1.82) is 0 Å². The second-order valence-corrected chi connectivity index (χ2v) is 4.65. The minimum absolute atomic E-state index is 0.179. The SMILES string of the molecule is CCc1nc(CC)n(-c2nc(C)cc(C)c2C(=O)O)n1. The molecule has 0 radical (unpaired) electrons. The van der Waals surface area contributed by atoms with Gasteiger partial charge in [0, 0.05) is 18.5 Å². The van der Waals surface area contributed by atoms with Gasteiger partial charge in [0.15, 0.2) is 11.6 Å². The molecule has 2 aromatic rings. The molecule has 1 N–H and O–H groups in total. The Bertz CT molecular complexity index is 661. The van der Waals surface area contributed by atoms with E-state index in [1.807, 2.05) is 20.8 Å². The Morgan fingerprint density at radius 3 is 2.50 bits per heavy atom. The van der Waals surface area contributed by atoms with Gasteiger partial charge >= 0.3 is 5.97 Å². The monoisotopic (exact) mass is 274 g/mol. The van der Waals surface area contributed by atoms with Gasteiger partial charge in [-0.25, -0.2) is 14.8 Å². The molecule has 0 fully saturated rings. The van der Waals surface area contributed by atoms with Crippen molar-refractivity contribution in [2.45, 2.75) is 40.5 Å². The topological polar surface area (TPSA) is 80.9 Å². The number of nitrogens with zero attached hydrogens (tertiary/aromatic N) is 4. The Morgan fingerprint density at radius 1 is 1.25 bits per heavy atom. The van der Waals surface area contributed by atoms with Gasteiger partial charge in [0.05, 0.1) is 0 Å². The molecule has 0 saturated heterocycles. The van der Waals surface area contributed by atoms with Gasteiger partial charge in [-0.2, -0.15) is 4.68 Å². The Kier molecular flexibility index (Phi) is 3.83. The standard InChI is InChI=1S/C14H18N4O2/c1-5-10-16-11(6-2)18(17-10)13-12(14(19)20)8(3)7-9(4)15-13/h7H,5-6H2,1-4H3,(H,19,20). The van der Waals surface area contributed by atoms with Gasteiger partial charge in [0.1, 0.15) is 11.4 Å². The van der Waals surface area contributed by atoms with E-state index in [1.54, 1.807) is 17.7 Å². The molecule has 0 bridgehead atoms. The molecule has 0 aliphatic rings. The van der Waals surface area contributed by atoms with Crippen LogP contribution in [0, 0.1) is 13.8 Å². The van der Waals surface area contributed by atoms with Crippen LogP contribution < -0.4 is 0 Å². The van der Waals surface area contributed by atoms with Gasteiger partial charge in [-0.3, -0.25) is 0 Å². The van der Waals surface area contributed by atoms with Gasteiger partial charge < -0.3 is 5.11 Å². The summed E-state index contributed by atoms with van der Waals surface area (Å²) in [5.74, 6) is 0.764. The molecule has 0 saturated carbocycles. The summed E-state index contributed by atoms with van der Waals surface area (Å²) in [6.07, 6.45) is 1.37. The smallest absolute Gasteiger partial charge is 0.339 e. The van der Waals surface area contributed by atoms with Crippen molar-refractivity contribution >= 4 is 5.97 Å². The van der Waals surface area contributed by atoms with E-state index in [1.165, 1.54) is 0 Å². The molecular formula is C14H18N4O2. The van der Waals surface area contributed by atoms with Crippen LogP contribution in [-0.2, 0) is 12.8 Å². The van der Waals surface area contributed by atoms with E-state index in [2.05, 4.69) is 15.1 Å². The summed E-state index contributed by atoms with van der Waals surface area (Å²) in [5.41, 5.74) is 1.62. The molecule has 0 spiro atoms. The molecule has 0 amide bonds. The third kappa shape index (κ3) is 2.41. The van der Waals surface area contributed by atoms with Crippen molar-refractivity contribution in [2.24, 2.45) is 0 Å². The van der Waals surface area contributed by atoms with Crippen LogP contribution in [-0.4, -0.2) is 30.8 Å². The van der Waals surface area contributed by atoms with E-state index in [-0.39, 0.29) is 5.56 Å². The van der Waals surface area contributed by atoms with Gasteiger partial charge in [-0.15, -0.1) is 5.10 Å². The Hall–Kier alpha value is -2.24. The molecule has 2 rings (SSSR count). The number of carboxylic acids is 1. The number of hydrogen-bond acceptors (Lipinski definition) is 4. The van der Waals surface area contributed by atoms with E-state index in [0.29, 0.717) is 30.0 Å². The summed E-state index contributed by atoms with van der Waals surface area (Å²) in [4.78, 5) is 20.3. The van der Waals surface area contributed by atoms with Crippen molar-refractivity contribution < 1.29 is 9.90 Å². The molecule has 0 aliphatic carbocycles. The van der Waals surface area contributed by atoms with Gasteiger partial charge in [0.25, 0.3) is 0 Å². The minimum Gasteiger partial charge on any atom is -0.478 e. The number of aromatic carboxylic acids is 1. The maximum absolute atomic E-state index is 11.5. The number of aromatic nitrogens is 4. The summed E-state index contributed by atoms with van der Waals surface area (Å²) >= 11 is 0. The zero-order valence-electron chi connectivity index (χ0n) is 12.1. The van der Waals surface area contributed by atoms with Gasteiger partial charge in [0.2, 0.25) is 0 Å². The van der Waals surface area contributed by atoms with Crippen molar-refractivity contribution in [3.05, 3.63) is 34.5 Å². The summed E-state index contributed by atoms with van der Waals surface area (Å²) in [5, 5.41) is 13.8. The second-order valence-electron chi connectivity index (χ2n) is 4.65. The Labute approximate surface area is 117 Å². The maximum Gasteiger partial charge on any atom is 0.339 e. The van der Waals surface area contributed by atoms with Crippen molar-refractivity contribution in [2.75, 3.05) is 0 Å². The Balaban J connectivity index is 2.74. The van der Waals surface area contributed by atoms with Crippen LogP contribution in [0.2, 0.25) is 0 Å². The number of hydrogen-bond donors (Lipinski definition) is 1. The fourth-order valence-electron chi connectivity index (χ4n) is 2.17. The highest BCUT2D eigenvalue weighted by atomic mass is 16.4. The number of carboxylic acid groups (broad SMARTS) is 1. The zero-order valence-corrected chi connectivity index (χ0v) is 12.1. The van der Waals surface area contributed by atoms with Crippen LogP contribution >= 0.6 is 0 Å². The molecule has 6 nitrogen and oxygen atoms in total. The van der Waals surface area contributed by atoms with E-state index in [0.717, 1.165) is 11.5 Å². The lowest BCUT2D eigenvalue weighted by Crippen LogP contribution is -2.14. The molecule has 6 heteroatoms. The lowest BCUT2D eigenvalue weighted by molar-refractivity contribution is 0.0695. The number of pyridine rings is 1. The molecule has 0 atom stereocenters. The lowest BCUT2D eigenvalue weighted by Gasteiger charge is -2.10. The number of aryl methyl sites for hydroxylation is 4. The molecule has 2 aromatic heterocycles. The van der Waals surface area contributed by atoms with Crippen molar-refractivity contribution in [1.82, 2.24) is 19.7 Å². The first-order valence-electron chi connectivity index (χ1n) is 6.64. The molecule has 0 unspecified atom stereocenters. The predicted octanol–water partition coefficient (Wildman–Crippen LogP) is 2.10. The normalized spacial score (nSPS) is 10.8. The minimum atomic E-state index is -0.999. The number of carbonyl (C=O) groups is 1. The summed E-state index contributed by atoms with van der Waals surface area (Å²) in [6.45, 7) is 7.53. The van der Waals surface area contributed by atoms with Crippen LogP contribution in [0.1, 0.15) is 47.1 Å². The first kappa shape index (κ1) is 14.2. The molecule has 20 heavy (non-hydrogen) atoms. The Morgan fingerprint density at radius 2 is 1.95 bits per heavy atom. The third-order valence-corrected chi connectivity index (χ3v) is 3.09. The molecular weight excluding hydrogens is 256 g/mol. The fraction of sp³-hybridized carbons (Fsp3) is 0.429. The zero-order chi connectivity index (χ0) is 14.9. The molecule has 2 heterocycles. The maximum atomic E-state index is 11.5. The molecule has 106 valence electrons. The lowest BCUT2D eigenvalue weighted by atomic mass is 10.1. The first-order chi connectivity index (χ1) is 9.47. The predicted molar refractivity (Wildman–Crippen MR) is 74.3 cm³/mol. The fourth-order valence-corrected chi connectivity index (χ4v) is 2.17. The van der Waals surface area contributed by atoms with Gasteiger partial charge in [-0.05, 0) is 25.5 Å². The second kappa shape index (κ2) is 5.40. The summed E-state index contributed by atoms with van der Waals surface area (Å²) < 4.78 is 1.56. The van der Waals surface area contributed by atoms with Crippen LogP contribution in [0.4, 0.5) is 0 Å². The molecule has 0 aliphatic heterocycles. The van der Waals surface area contributed by atoms with E-state index < -0.39 is 5.97 Å². The van der Waals surface area contributed by atoms with Gasteiger partial charge in [-0.1, -0.05) is 13.8 Å². The van der Waals surface area contributed by atoms with Crippen molar-refractivity contribution in [3.8, 4) is 5.82 Å². The van der Waals surface area contributed by atoms with E-state index in [4.69, 9.17) is 0 Å². The van der Waals surface area contributed by atoms with Crippen LogP contribution in [0.15, 0.2) is 6.07 Å².